The number of hydrogen-bond acceptors (Lipinski definition) is 5. The Hall–Kier alpha value is -4.66. The quantitative estimate of drug-likeness (QED) is 0.405. The number of nitrogens with zero attached hydrogens (tertiary/aromatic N) is 2. The highest BCUT2D eigenvalue weighted by molar-refractivity contribution is 6.31. The van der Waals surface area contributed by atoms with E-state index in [9.17, 15) is 18.8 Å². The van der Waals surface area contributed by atoms with E-state index in [1.54, 1.807) is 36.4 Å². The van der Waals surface area contributed by atoms with Gasteiger partial charge in [-0.25, -0.2) is 9.40 Å². The van der Waals surface area contributed by atoms with Crippen molar-refractivity contribution in [1.29, 1.82) is 0 Å². The number of halogens is 1. The fraction of sp³-hybridized carbons (Fsp3) is 0.115. The lowest BCUT2D eigenvalue weighted by atomic mass is 10.1. The lowest BCUT2D eigenvalue weighted by molar-refractivity contribution is -0.118. The molecular formula is C26H23FN4O4. The van der Waals surface area contributed by atoms with Crippen LogP contribution < -0.4 is 25.4 Å². The van der Waals surface area contributed by atoms with Gasteiger partial charge in [-0.15, -0.1) is 0 Å². The van der Waals surface area contributed by atoms with Crippen LogP contribution in [0.3, 0.4) is 0 Å². The van der Waals surface area contributed by atoms with Gasteiger partial charge >= 0.3 is 0 Å². The van der Waals surface area contributed by atoms with Crippen molar-refractivity contribution in [3.8, 4) is 5.75 Å². The van der Waals surface area contributed by atoms with Gasteiger partial charge in [0.25, 0.3) is 17.7 Å². The van der Waals surface area contributed by atoms with Gasteiger partial charge in [-0.1, -0.05) is 18.2 Å². The Labute approximate surface area is 201 Å². The number of amides is 3. The Morgan fingerprint density at radius 2 is 1.77 bits per heavy atom. The lowest BCUT2D eigenvalue weighted by Crippen LogP contribution is -2.35. The van der Waals surface area contributed by atoms with Crippen molar-refractivity contribution in [2.24, 2.45) is 0 Å². The van der Waals surface area contributed by atoms with Crippen molar-refractivity contribution in [3.05, 3.63) is 89.8 Å². The van der Waals surface area contributed by atoms with E-state index in [1.165, 1.54) is 35.4 Å². The summed E-state index contributed by atoms with van der Waals surface area (Å²) in [5.41, 5.74) is 4.71. The van der Waals surface area contributed by atoms with Crippen LogP contribution >= 0.6 is 0 Å². The molecule has 1 aliphatic rings. The summed E-state index contributed by atoms with van der Waals surface area (Å²) < 4.78 is 18.8. The van der Waals surface area contributed by atoms with Gasteiger partial charge < -0.3 is 15.0 Å². The molecule has 4 rings (SSSR count). The molecule has 0 spiro atoms. The Morgan fingerprint density at radius 3 is 2.46 bits per heavy atom. The number of carbonyl (C=O) groups excluding carboxylic acids is 3. The number of hydrazine groups is 1. The standard InChI is InChI=1S/C26H23FN4O4/c1-30(2)21-13-8-17(14-22-25(33)29-31(26(22)34)20-6-4-3-5-7-20)23(15-21)35-16-24(32)28-19-11-9-18(27)10-12-19/h3-15H,16H2,1-2H3,(H,28,32)(H,29,33)/b22-14-. The summed E-state index contributed by atoms with van der Waals surface area (Å²) in [5.74, 6) is -1.59. The Bertz CT molecular complexity index is 1290. The third kappa shape index (κ3) is 5.47. The molecule has 0 aromatic heterocycles. The smallest absolute Gasteiger partial charge is 0.282 e. The monoisotopic (exact) mass is 474 g/mol. The highest BCUT2D eigenvalue weighted by Crippen LogP contribution is 2.29. The molecular weight excluding hydrogens is 451 g/mol. The maximum atomic E-state index is 13.1. The maximum Gasteiger partial charge on any atom is 0.282 e. The SMILES string of the molecule is CN(C)c1ccc(/C=C2/C(=O)NN(c3ccccc3)C2=O)c(OCC(=O)Nc2ccc(F)cc2)c1. The Balaban J connectivity index is 1.56. The average Bonchev–Trinajstić information content (AvgIpc) is 3.13. The van der Waals surface area contributed by atoms with E-state index in [0.717, 1.165) is 5.69 Å². The second-order valence-corrected chi connectivity index (χ2v) is 7.94. The topological polar surface area (TPSA) is 91.0 Å². The van der Waals surface area contributed by atoms with Crippen LogP contribution in [0.15, 0.2) is 78.4 Å². The number of carbonyl (C=O) groups is 3. The van der Waals surface area contributed by atoms with Gasteiger partial charge in [-0.05, 0) is 54.6 Å². The minimum atomic E-state index is -0.546. The predicted molar refractivity (Wildman–Crippen MR) is 131 cm³/mol. The van der Waals surface area contributed by atoms with E-state index in [2.05, 4.69) is 10.7 Å². The van der Waals surface area contributed by atoms with Crippen molar-refractivity contribution in [1.82, 2.24) is 5.43 Å². The van der Waals surface area contributed by atoms with Crippen LogP contribution in [0.25, 0.3) is 6.08 Å². The first-order valence-corrected chi connectivity index (χ1v) is 10.7. The van der Waals surface area contributed by atoms with Crippen molar-refractivity contribution >= 4 is 40.9 Å². The second-order valence-electron chi connectivity index (χ2n) is 7.94. The number of rotatable bonds is 7. The van der Waals surface area contributed by atoms with Crippen molar-refractivity contribution in [2.75, 3.05) is 35.9 Å². The molecule has 0 atom stereocenters. The summed E-state index contributed by atoms with van der Waals surface area (Å²) in [7, 11) is 3.70. The van der Waals surface area contributed by atoms with Crippen molar-refractivity contribution < 1.29 is 23.5 Å². The van der Waals surface area contributed by atoms with Crippen molar-refractivity contribution in [3.63, 3.8) is 0 Å². The van der Waals surface area contributed by atoms with E-state index in [4.69, 9.17) is 4.74 Å². The summed E-state index contributed by atoms with van der Waals surface area (Å²) in [6.07, 6.45) is 1.44. The minimum Gasteiger partial charge on any atom is -0.483 e. The first kappa shape index (κ1) is 23.5. The van der Waals surface area contributed by atoms with Gasteiger partial charge in [0, 0.05) is 37.1 Å². The van der Waals surface area contributed by atoms with Gasteiger partial charge in [-0.2, -0.15) is 0 Å². The molecule has 0 radical (unpaired) electrons. The molecule has 0 saturated carbocycles. The van der Waals surface area contributed by atoms with Crippen LogP contribution in [0.1, 0.15) is 5.56 Å². The number of para-hydroxylation sites is 1. The molecule has 3 aromatic carbocycles. The van der Waals surface area contributed by atoms with E-state index >= 15 is 0 Å². The molecule has 9 heteroatoms. The highest BCUT2D eigenvalue weighted by Gasteiger charge is 2.34. The third-order valence-electron chi connectivity index (χ3n) is 5.21. The van der Waals surface area contributed by atoms with Crippen molar-refractivity contribution in [2.45, 2.75) is 0 Å². The number of hydrogen-bond donors (Lipinski definition) is 2. The minimum absolute atomic E-state index is 0.0629. The summed E-state index contributed by atoms with van der Waals surface area (Å²) >= 11 is 0. The average molecular weight is 474 g/mol. The molecule has 0 unspecified atom stereocenters. The summed E-state index contributed by atoms with van der Waals surface area (Å²) in [5, 5.41) is 3.81. The lowest BCUT2D eigenvalue weighted by Gasteiger charge is -2.16. The molecule has 178 valence electrons. The third-order valence-corrected chi connectivity index (χ3v) is 5.21. The van der Waals surface area contributed by atoms with Crippen LogP contribution in [0, 0.1) is 5.82 Å². The molecule has 1 aliphatic heterocycles. The van der Waals surface area contributed by atoms with Gasteiger partial charge in [0.05, 0.1) is 5.69 Å². The molecule has 2 N–H and O–H groups in total. The fourth-order valence-corrected chi connectivity index (χ4v) is 3.39. The summed E-state index contributed by atoms with van der Waals surface area (Å²) in [4.78, 5) is 39.7. The summed E-state index contributed by atoms with van der Waals surface area (Å²) in [6.45, 7) is -0.333. The first-order valence-electron chi connectivity index (χ1n) is 10.7. The summed E-state index contributed by atoms with van der Waals surface area (Å²) in [6, 6.07) is 19.4. The van der Waals surface area contributed by atoms with Crippen LogP contribution in [0.2, 0.25) is 0 Å². The second kappa shape index (κ2) is 10.1. The van der Waals surface area contributed by atoms with Gasteiger partial charge in [0.2, 0.25) is 0 Å². The molecule has 0 aliphatic carbocycles. The molecule has 1 heterocycles. The molecule has 3 aromatic rings. The van der Waals surface area contributed by atoms with Crippen LogP contribution in [0.4, 0.5) is 21.5 Å². The predicted octanol–water partition coefficient (Wildman–Crippen LogP) is 3.37. The molecule has 1 fully saturated rings. The largest absolute Gasteiger partial charge is 0.483 e. The van der Waals surface area contributed by atoms with E-state index in [-0.39, 0.29) is 12.2 Å². The molecule has 3 amide bonds. The van der Waals surface area contributed by atoms with Crippen LogP contribution in [-0.2, 0) is 14.4 Å². The fourth-order valence-electron chi connectivity index (χ4n) is 3.39. The number of ether oxygens (including phenoxy) is 1. The highest BCUT2D eigenvalue weighted by atomic mass is 19.1. The van der Waals surface area contributed by atoms with Gasteiger partial charge in [-0.3, -0.25) is 19.8 Å². The van der Waals surface area contributed by atoms with E-state index in [0.29, 0.717) is 22.7 Å². The number of benzene rings is 3. The Morgan fingerprint density at radius 1 is 1.06 bits per heavy atom. The normalized spacial score (nSPS) is 14.1. The van der Waals surface area contributed by atoms with Crippen LogP contribution in [0.5, 0.6) is 5.75 Å². The van der Waals surface area contributed by atoms with Gasteiger partial charge in [0.1, 0.15) is 17.1 Å². The number of anilines is 3. The molecule has 1 saturated heterocycles. The molecule has 0 bridgehead atoms. The zero-order chi connectivity index (χ0) is 24.9. The molecule has 8 nitrogen and oxygen atoms in total. The van der Waals surface area contributed by atoms with E-state index < -0.39 is 23.5 Å². The zero-order valence-electron chi connectivity index (χ0n) is 19.1. The Kier molecular flexibility index (Phi) is 6.77. The number of nitrogens with one attached hydrogen (secondary N) is 2. The molecule has 35 heavy (non-hydrogen) atoms. The first-order chi connectivity index (χ1) is 16.8. The van der Waals surface area contributed by atoms with Crippen LogP contribution in [-0.4, -0.2) is 38.4 Å². The van der Waals surface area contributed by atoms with E-state index in [1.807, 2.05) is 31.1 Å². The van der Waals surface area contributed by atoms with Gasteiger partial charge in [0.15, 0.2) is 6.61 Å². The maximum absolute atomic E-state index is 13.1. The zero-order valence-corrected chi connectivity index (χ0v) is 19.1.